The monoisotopic (exact) mass is 391 g/mol. The molecule has 1 amide bonds. The fourth-order valence-corrected chi connectivity index (χ4v) is 3.39. The smallest absolute Gasteiger partial charge is 0.258 e. The molecule has 3 rings (SSSR count). The predicted molar refractivity (Wildman–Crippen MR) is 92.1 cm³/mol. The van der Waals surface area contributed by atoms with Crippen LogP contribution < -0.4 is 5.32 Å². The molecule has 1 N–H and O–H groups in total. The van der Waals surface area contributed by atoms with Crippen molar-refractivity contribution in [1.29, 1.82) is 0 Å². The minimum atomic E-state index is -0.470. The summed E-state index contributed by atoms with van der Waals surface area (Å²) in [6, 6.07) is 9.58. The number of carbonyl (C=O) groups excluding carboxylic acids is 1. The Morgan fingerprint density at radius 2 is 2.13 bits per heavy atom. The van der Waals surface area contributed by atoms with E-state index in [1.54, 1.807) is 6.20 Å². The summed E-state index contributed by atoms with van der Waals surface area (Å²) >= 11 is 4.58. The molecular weight excluding hydrogens is 381 g/mol. The Labute approximate surface area is 144 Å². The number of halogens is 2. The quantitative estimate of drug-likeness (QED) is 0.705. The summed E-state index contributed by atoms with van der Waals surface area (Å²) in [5, 5.41) is 3.15. The van der Waals surface area contributed by atoms with E-state index < -0.39 is 11.7 Å². The van der Waals surface area contributed by atoms with Crippen molar-refractivity contribution in [3.05, 3.63) is 64.1 Å². The number of nitrogens with zero attached hydrogens (tertiary/aromatic N) is 2. The van der Waals surface area contributed by atoms with Crippen LogP contribution in [0.1, 0.15) is 16.1 Å². The van der Waals surface area contributed by atoms with Crippen LogP contribution in [0.4, 0.5) is 9.52 Å². The number of thiazole rings is 1. The third kappa shape index (κ3) is 3.46. The van der Waals surface area contributed by atoms with E-state index >= 15 is 0 Å². The lowest BCUT2D eigenvalue weighted by Crippen LogP contribution is -2.12. The van der Waals surface area contributed by atoms with Gasteiger partial charge in [-0.1, -0.05) is 17.4 Å². The maximum atomic E-state index is 13.3. The van der Waals surface area contributed by atoms with Gasteiger partial charge in [-0.15, -0.1) is 0 Å². The molecule has 0 unspecified atom stereocenters. The number of aromatic nitrogens is 2. The van der Waals surface area contributed by atoms with Crippen LogP contribution in [0.3, 0.4) is 0 Å². The minimum absolute atomic E-state index is 0.220. The average Bonchev–Trinajstić information content (AvgIpc) is 2.91. The largest absolute Gasteiger partial charge is 0.298 e. The molecular formula is C16H11BrFN3OS. The van der Waals surface area contributed by atoms with Crippen LogP contribution in [0.5, 0.6) is 0 Å². The van der Waals surface area contributed by atoms with Gasteiger partial charge in [0.1, 0.15) is 5.82 Å². The van der Waals surface area contributed by atoms with Gasteiger partial charge >= 0.3 is 0 Å². The highest BCUT2D eigenvalue weighted by Crippen LogP contribution is 2.31. The molecule has 23 heavy (non-hydrogen) atoms. The van der Waals surface area contributed by atoms with E-state index in [9.17, 15) is 9.18 Å². The molecule has 1 aromatic carbocycles. The molecule has 3 aromatic rings. The third-order valence-corrected chi connectivity index (χ3v) is 4.87. The van der Waals surface area contributed by atoms with E-state index in [4.69, 9.17) is 0 Å². The lowest BCUT2D eigenvalue weighted by molar-refractivity contribution is 0.102. The fraction of sp³-hybridized carbons (Fsp3) is 0.0625. The summed E-state index contributed by atoms with van der Waals surface area (Å²) in [6.45, 7) is 1.86. The lowest BCUT2D eigenvalue weighted by Gasteiger charge is -2.04. The number of aryl methyl sites for hydroxylation is 1. The Hall–Kier alpha value is -2.12. The van der Waals surface area contributed by atoms with Crippen molar-refractivity contribution >= 4 is 38.3 Å². The summed E-state index contributed by atoms with van der Waals surface area (Å²) in [5.41, 5.74) is 1.80. The molecule has 116 valence electrons. The second-order valence-corrected chi connectivity index (χ2v) is 6.58. The lowest BCUT2D eigenvalue weighted by atomic mass is 10.2. The molecule has 0 aliphatic carbocycles. The fourth-order valence-electron chi connectivity index (χ4n) is 2.02. The zero-order valence-corrected chi connectivity index (χ0v) is 14.4. The number of hydrogen-bond donors (Lipinski definition) is 1. The van der Waals surface area contributed by atoms with Gasteiger partial charge in [-0.05, 0) is 53.2 Å². The van der Waals surface area contributed by atoms with Crippen LogP contribution in [0, 0.1) is 12.7 Å². The maximum absolute atomic E-state index is 13.3. The van der Waals surface area contributed by atoms with Crippen LogP contribution in [-0.4, -0.2) is 15.9 Å². The number of nitrogens with one attached hydrogen (secondary N) is 1. The van der Waals surface area contributed by atoms with Crippen molar-refractivity contribution in [2.75, 3.05) is 5.32 Å². The second-order valence-electron chi connectivity index (χ2n) is 4.73. The second kappa shape index (κ2) is 6.55. The van der Waals surface area contributed by atoms with Crippen molar-refractivity contribution in [2.24, 2.45) is 0 Å². The van der Waals surface area contributed by atoms with Gasteiger partial charge in [0.15, 0.2) is 5.13 Å². The van der Waals surface area contributed by atoms with E-state index in [0.717, 1.165) is 16.3 Å². The highest BCUT2D eigenvalue weighted by molar-refractivity contribution is 9.10. The highest BCUT2D eigenvalue weighted by Gasteiger charge is 2.16. The number of anilines is 1. The molecule has 0 aliphatic rings. The number of carbonyl (C=O) groups is 1. The van der Waals surface area contributed by atoms with Gasteiger partial charge in [-0.3, -0.25) is 15.1 Å². The molecule has 2 heterocycles. The number of amides is 1. The zero-order chi connectivity index (χ0) is 16.4. The van der Waals surface area contributed by atoms with Crippen LogP contribution >= 0.6 is 27.3 Å². The average molecular weight is 392 g/mol. The van der Waals surface area contributed by atoms with Crippen molar-refractivity contribution in [3.63, 3.8) is 0 Å². The first kappa shape index (κ1) is 15.8. The Bertz CT molecular complexity index is 867. The molecule has 0 radical (unpaired) electrons. The first-order valence-electron chi connectivity index (χ1n) is 6.70. The minimum Gasteiger partial charge on any atom is -0.298 e. The topological polar surface area (TPSA) is 54.9 Å². The standard InChI is InChI=1S/C16H11BrFN3OS/c1-9-14(13-4-2-3-7-19-13)23-16(20-9)21-15(22)11-8-10(18)5-6-12(11)17/h2-8H,1H3,(H,20,21,22). The summed E-state index contributed by atoms with van der Waals surface area (Å²) in [6.07, 6.45) is 1.70. The van der Waals surface area contributed by atoms with E-state index in [2.05, 4.69) is 31.2 Å². The summed E-state index contributed by atoms with van der Waals surface area (Å²) < 4.78 is 13.8. The van der Waals surface area contributed by atoms with E-state index in [0.29, 0.717) is 9.60 Å². The first-order valence-corrected chi connectivity index (χ1v) is 8.31. The molecule has 0 aliphatic heterocycles. The van der Waals surface area contributed by atoms with Gasteiger partial charge in [0.25, 0.3) is 5.91 Å². The Kier molecular flexibility index (Phi) is 4.49. The van der Waals surface area contributed by atoms with Crippen LogP contribution in [0.2, 0.25) is 0 Å². The summed E-state index contributed by atoms with van der Waals surface area (Å²) in [4.78, 5) is 21.8. The van der Waals surface area contributed by atoms with Crippen molar-refractivity contribution in [3.8, 4) is 10.6 Å². The summed E-state index contributed by atoms with van der Waals surface area (Å²) in [7, 11) is 0. The Morgan fingerprint density at radius 3 is 2.87 bits per heavy atom. The molecule has 7 heteroatoms. The summed E-state index contributed by atoms with van der Waals surface area (Å²) in [5.74, 6) is -0.888. The molecule has 0 atom stereocenters. The van der Waals surface area contributed by atoms with Gasteiger partial charge in [-0.2, -0.15) is 0 Å². The molecule has 0 bridgehead atoms. The predicted octanol–water partition coefficient (Wildman–Crippen LogP) is 4.67. The van der Waals surface area contributed by atoms with Crippen LogP contribution in [-0.2, 0) is 0 Å². The molecule has 0 fully saturated rings. The highest BCUT2D eigenvalue weighted by atomic mass is 79.9. The van der Waals surface area contributed by atoms with E-state index in [-0.39, 0.29) is 5.56 Å². The third-order valence-electron chi connectivity index (χ3n) is 3.09. The van der Waals surface area contributed by atoms with Gasteiger partial charge in [0.05, 0.1) is 21.8 Å². The molecule has 0 saturated carbocycles. The van der Waals surface area contributed by atoms with Gasteiger partial charge in [0.2, 0.25) is 0 Å². The SMILES string of the molecule is Cc1nc(NC(=O)c2cc(F)ccc2Br)sc1-c1ccccn1. The van der Waals surface area contributed by atoms with Gasteiger partial charge in [-0.25, -0.2) is 9.37 Å². The first-order chi connectivity index (χ1) is 11.0. The van der Waals surface area contributed by atoms with Gasteiger partial charge < -0.3 is 0 Å². The number of benzene rings is 1. The zero-order valence-electron chi connectivity index (χ0n) is 12.0. The normalized spacial score (nSPS) is 10.6. The van der Waals surface area contributed by atoms with Crippen LogP contribution in [0.25, 0.3) is 10.6 Å². The maximum Gasteiger partial charge on any atom is 0.258 e. The Morgan fingerprint density at radius 1 is 1.30 bits per heavy atom. The molecule has 2 aromatic heterocycles. The molecule has 0 saturated heterocycles. The van der Waals surface area contributed by atoms with E-state index in [1.165, 1.54) is 29.5 Å². The van der Waals surface area contributed by atoms with Crippen molar-refractivity contribution in [2.45, 2.75) is 6.92 Å². The molecule has 4 nitrogen and oxygen atoms in total. The number of hydrogen-bond acceptors (Lipinski definition) is 4. The Balaban J connectivity index is 1.87. The van der Waals surface area contributed by atoms with Crippen LogP contribution in [0.15, 0.2) is 47.1 Å². The van der Waals surface area contributed by atoms with E-state index in [1.807, 2.05) is 25.1 Å². The number of pyridine rings is 1. The molecule has 0 spiro atoms. The van der Waals surface area contributed by atoms with Crippen molar-refractivity contribution < 1.29 is 9.18 Å². The number of rotatable bonds is 3. The van der Waals surface area contributed by atoms with Gasteiger partial charge in [0, 0.05) is 10.7 Å². The van der Waals surface area contributed by atoms with Crippen molar-refractivity contribution in [1.82, 2.24) is 9.97 Å².